The Balaban J connectivity index is 1.51. The van der Waals surface area contributed by atoms with E-state index in [0.29, 0.717) is 13.1 Å². The summed E-state index contributed by atoms with van der Waals surface area (Å²) < 4.78 is 26.2. The summed E-state index contributed by atoms with van der Waals surface area (Å²) in [6, 6.07) is 3.29. The van der Waals surface area contributed by atoms with Gasteiger partial charge in [-0.1, -0.05) is 0 Å². The lowest BCUT2D eigenvalue weighted by atomic mass is 10.1. The molecule has 0 spiro atoms. The standard InChI is InChI=1S/C16H17F2N3OS/c17-14-2-1-12(9-15(14)18)16(22)21-7-5-20(6-8-21)4-3-13-10-19-11-23-13/h1-2,9-11H,3-8H2. The molecule has 0 bridgehead atoms. The molecule has 4 nitrogen and oxygen atoms in total. The van der Waals surface area contributed by atoms with Gasteiger partial charge in [-0.2, -0.15) is 0 Å². The highest BCUT2D eigenvalue weighted by Gasteiger charge is 2.22. The second kappa shape index (κ2) is 7.14. The van der Waals surface area contributed by atoms with Crippen molar-refractivity contribution in [3.05, 3.63) is 52.0 Å². The van der Waals surface area contributed by atoms with Crippen LogP contribution in [-0.4, -0.2) is 53.4 Å². The Bertz CT molecular complexity index is 670. The fourth-order valence-electron chi connectivity index (χ4n) is 2.62. The smallest absolute Gasteiger partial charge is 0.254 e. The maximum absolute atomic E-state index is 13.2. The number of thiazole rings is 1. The van der Waals surface area contributed by atoms with Crippen LogP contribution in [0.4, 0.5) is 8.78 Å². The van der Waals surface area contributed by atoms with Crippen molar-refractivity contribution in [1.29, 1.82) is 0 Å². The number of hydrogen-bond donors (Lipinski definition) is 0. The van der Waals surface area contributed by atoms with Crippen molar-refractivity contribution in [1.82, 2.24) is 14.8 Å². The van der Waals surface area contributed by atoms with Gasteiger partial charge in [-0.15, -0.1) is 11.3 Å². The maximum Gasteiger partial charge on any atom is 0.254 e. The Labute approximate surface area is 137 Å². The molecule has 0 aliphatic carbocycles. The molecule has 3 rings (SSSR count). The Morgan fingerprint density at radius 1 is 1.17 bits per heavy atom. The van der Waals surface area contributed by atoms with Gasteiger partial charge in [-0.3, -0.25) is 14.7 Å². The predicted molar refractivity (Wildman–Crippen MR) is 84.5 cm³/mol. The number of benzene rings is 1. The minimum Gasteiger partial charge on any atom is -0.336 e. The summed E-state index contributed by atoms with van der Waals surface area (Å²) in [5.41, 5.74) is 2.02. The van der Waals surface area contributed by atoms with Crippen LogP contribution in [0.25, 0.3) is 0 Å². The van der Waals surface area contributed by atoms with Crippen LogP contribution in [0.3, 0.4) is 0 Å². The molecule has 2 aromatic rings. The molecule has 0 radical (unpaired) electrons. The Kier molecular flexibility index (Phi) is 4.97. The predicted octanol–water partition coefficient (Wildman–Crippen LogP) is 2.42. The van der Waals surface area contributed by atoms with Gasteiger partial charge in [-0.05, 0) is 24.6 Å². The van der Waals surface area contributed by atoms with Gasteiger partial charge in [0.25, 0.3) is 5.91 Å². The third-order valence-electron chi connectivity index (χ3n) is 3.98. The number of halogens is 2. The monoisotopic (exact) mass is 337 g/mol. The molecule has 1 aromatic heterocycles. The number of amides is 1. The molecule has 1 saturated heterocycles. The molecule has 1 aromatic carbocycles. The van der Waals surface area contributed by atoms with Crippen molar-refractivity contribution in [3.63, 3.8) is 0 Å². The number of aromatic nitrogens is 1. The Morgan fingerprint density at radius 3 is 2.61 bits per heavy atom. The lowest BCUT2D eigenvalue weighted by molar-refractivity contribution is 0.0638. The SMILES string of the molecule is O=C(c1ccc(F)c(F)c1)N1CCN(CCc2cncs2)CC1. The Morgan fingerprint density at radius 2 is 1.96 bits per heavy atom. The normalized spacial score (nSPS) is 15.8. The minimum absolute atomic E-state index is 0.196. The highest BCUT2D eigenvalue weighted by Crippen LogP contribution is 2.14. The molecule has 1 fully saturated rings. The van der Waals surface area contributed by atoms with Crippen molar-refractivity contribution >= 4 is 17.2 Å². The fraction of sp³-hybridized carbons (Fsp3) is 0.375. The lowest BCUT2D eigenvalue weighted by Gasteiger charge is -2.34. The van der Waals surface area contributed by atoms with E-state index in [9.17, 15) is 13.6 Å². The first-order valence-electron chi connectivity index (χ1n) is 7.47. The molecular formula is C16H17F2N3OS. The largest absolute Gasteiger partial charge is 0.336 e. The third-order valence-corrected chi connectivity index (χ3v) is 4.82. The lowest BCUT2D eigenvalue weighted by Crippen LogP contribution is -2.49. The number of piperazine rings is 1. The van der Waals surface area contributed by atoms with Crippen LogP contribution < -0.4 is 0 Å². The van der Waals surface area contributed by atoms with Crippen LogP contribution in [0.15, 0.2) is 29.9 Å². The molecule has 23 heavy (non-hydrogen) atoms. The van der Waals surface area contributed by atoms with Crippen LogP contribution in [0.5, 0.6) is 0 Å². The zero-order valence-corrected chi connectivity index (χ0v) is 13.4. The van der Waals surface area contributed by atoms with Crippen LogP contribution in [0.1, 0.15) is 15.2 Å². The average Bonchev–Trinajstić information content (AvgIpc) is 3.09. The topological polar surface area (TPSA) is 36.4 Å². The summed E-state index contributed by atoms with van der Waals surface area (Å²) in [5.74, 6) is -2.17. The van der Waals surface area contributed by atoms with Crippen LogP contribution in [-0.2, 0) is 6.42 Å². The van der Waals surface area contributed by atoms with Gasteiger partial charge in [0.1, 0.15) is 0 Å². The second-order valence-corrected chi connectivity index (χ2v) is 6.45. The molecule has 1 amide bonds. The summed E-state index contributed by atoms with van der Waals surface area (Å²) in [4.78, 5) is 21.6. The van der Waals surface area contributed by atoms with Crippen molar-refractivity contribution in [2.75, 3.05) is 32.7 Å². The molecule has 1 aliphatic rings. The Hall–Kier alpha value is -1.86. The van der Waals surface area contributed by atoms with Gasteiger partial charge < -0.3 is 4.90 Å². The summed E-state index contributed by atoms with van der Waals surface area (Å²) >= 11 is 1.65. The van der Waals surface area contributed by atoms with Crippen molar-refractivity contribution in [3.8, 4) is 0 Å². The molecule has 0 atom stereocenters. The van der Waals surface area contributed by atoms with E-state index in [1.807, 2.05) is 11.7 Å². The van der Waals surface area contributed by atoms with E-state index >= 15 is 0 Å². The van der Waals surface area contributed by atoms with Crippen LogP contribution in [0, 0.1) is 11.6 Å². The van der Waals surface area contributed by atoms with Crippen LogP contribution >= 0.6 is 11.3 Å². The summed E-state index contributed by atoms with van der Waals surface area (Å²) in [6.07, 6.45) is 2.84. The van der Waals surface area contributed by atoms with E-state index < -0.39 is 11.6 Å². The molecule has 0 unspecified atom stereocenters. The second-order valence-electron chi connectivity index (χ2n) is 5.48. The maximum atomic E-state index is 13.2. The van der Waals surface area contributed by atoms with Crippen molar-refractivity contribution < 1.29 is 13.6 Å². The number of nitrogens with zero attached hydrogens (tertiary/aromatic N) is 3. The fourth-order valence-corrected chi connectivity index (χ4v) is 3.21. The molecule has 0 saturated carbocycles. The molecular weight excluding hydrogens is 320 g/mol. The minimum atomic E-state index is -0.987. The highest BCUT2D eigenvalue weighted by molar-refractivity contribution is 7.09. The first-order valence-corrected chi connectivity index (χ1v) is 8.35. The number of hydrogen-bond acceptors (Lipinski definition) is 4. The van der Waals surface area contributed by atoms with Crippen LogP contribution in [0.2, 0.25) is 0 Å². The third kappa shape index (κ3) is 3.92. The number of carbonyl (C=O) groups is 1. The highest BCUT2D eigenvalue weighted by atomic mass is 32.1. The van der Waals surface area contributed by atoms with Gasteiger partial charge in [0.2, 0.25) is 0 Å². The quantitative estimate of drug-likeness (QED) is 0.860. The van der Waals surface area contributed by atoms with Gasteiger partial charge in [0, 0.05) is 49.4 Å². The first kappa shape index (κ1) is 16.0. The van der Waals surface area contributed by atoms with Crippen molar-refractivity contribution in [2.45, 2.75) is 6.42 Å². The van der Waals surface area contributed by atoms with Gasteiger partial charge in [0.05, 0.1) is 5.51 Å². The number of carbonyl (C=O) groups excluding carboxylic acids is 1. The zero-order valence-electron chi connectivity index (χ0n) is 12.5. The van der Waals surface area contributed by atoms with Gasteiger partial charge in [-0.25, -0.2) is 8.78 Å². The van der Waals surface area contributed by atoms with E-state index in [1.165, 1.54) is 10.9 Å². The molecule has 0 N–H and O–H groups in total. The van der Waals surface area contributed by atoms with Crippen molar-refractivity contribution in [2.24, 2.45) is 0 Å². The molecule has 2 heterocycles. The first-order chi connectivity index (χ1) is 11.1. The summed E-state index contributed by atoms with van der Waals surface area (Å²) in [7, 11) is 0. The molecule has 122 valence electrons. The van der Waals surface area contributed by atoms with E-state index in [4.69, 9.17) is 0 Å². The van der Waals surface area contributed by atoms with E-state index in [0.717, 1.165) is 38.2 Å². The van der Waals surface area contributed by atoms with E-state index in [-0.39, 0.29) is 11.5 Å². The van der Waals surface area contributed by atoms with Gasteiger partial charge >= 0.3 is 0 Å². The molecule has 7 heteroatoms. The average molecular weight is 337 g/mol. The van der Waals surface area contributed by atoms with Gasteiger partial charge in [0.15, 0.2) is 11.6 Å². The summed E-state index contributed by atoms with van der Waals surface area (Å²) in [5, 5.41) is 0. The number of rotatable bonds is 4. The van der Waals surface area contributed by atoms with E-state index in [2.05, 4.69) is 9.88 Å². The zero-order chi connectivity index (χ0) is 16.2. The molecule has 1 aliphatic heterocycles. The summed E-state index contributed by atoms with van der Waals surface area (Å²) in [6.45, 7) is 3.71. The van der Waals surface area contributed by atoms with E-state index in [1.54, 1.807) is 16.2 Å².